The van der Waals surface area contributed by atoms with Crippen LogP contribution in [0.15, 0.2) is 12.4 Å². The number of hydrogen-bond donors (Lipinski definition) is 1. The van der Waals surface area contributed by atoms with Crippen molar-refractivity contribution in [2.75, 3.05) is 12.8 Å². The average Bonchev–Trinajstić information content (AvgIpc) is 2.35. The summed E-state index contributed by atoms with van der Waals surface area (Å²) in [5.41, 5.74) is 6.16. The monoisotopic (exact) mass is 155 g/mol. The van der Waals surface area contributed by atoms with Crippen LogP contribution in [0.25, 0.3) is 0 Å². The molecule has 1 aromatic rings. The Hall–Kier alpha value is -1.03. The van der Waals surface area contributed by atoms with Crippen molar-refractivity contribution in [1.82, 2.24) is 9.78 Å². The molecule has 0 aliphatic heterocycles. The summed E-state index contributed by atoms with van der Waals surface area (Å²) in [6, 6.07) is 0. The van der Waals surface area contributed by atoms with Gasteiger partial charge in [0.1, 0.15) is 0 Å². The van der Waals surface area contributed by atoms with E-state index < -0.39 is 0 Å². The first-order chi connectivity index (χ1) is 5.22. The summed E-state index contributed by atoms with van der Waals surface area (Å²) >= 11 is 0. The van der Waals surface area contributed by atoms with Crippen molar-refractivity contribution in [2.45, 2.75) is 19.6 Å². The van der Waals surface area contributed by atoms with Crippen molar-refractivity contribution in [3.63, 3.8) is 0 Å². The largest absolute Gasteiger partial charge is 0.396 e. The van der Waals surface area contributed by atoms with Crippen LogP contribution >= 0.6 is 0 Å². The van der Waals surface area contributed by atoms with Crippen molar-refractivity contribution in [2.24, 2.45) is 0 Å². The lowest BCUT2D eigenvalue weighted by molar-refractivity contribution is 0.0998. The van der Waals surface area contributed by atoms with E-state index in [9.17, 15) is 0 Å². The molecule has 4 nitrogen and oxygen atoms in total. The Morgan fingerprint density at radius 2 is 2.55 bits per heavy atom. The van der Waals surface area contributed by atoms with Crippen LogP contribution in [0, 0.1) is 0 Å². The summed E-state index contributed by atoms with van der Waals surface area (Å²) in [6.45, 7) is 2.73. The number of nitrogens with two attached hydrogens (primary N) is 1. The van der Waals surface area contributed by atoms with Gasteiger partial charge in [-0.15, -0.1) is 0 Å². The van der Waals surface area contributed by atoms with E-state index in [0.717, 1.165) is 6.54 Å². The molecule has 0 aliphatic carbocycles. The van der Waals surface area contributed by atoms with Gasteiger partial charge in [0.2, 0.25) is 0 Å². The van der Waals surface area contributed by atoms with Crippen LogP contribution in [0.5, 0.6) is 0 Å². The number of methoxy groups -OCH3 is 1. The van der Waals surface area contributed by atoms with Crippen LogP contribution in [-0.4, -0.2) is 23.0 Å². The summed E-state index contributed by atoms with van der Waals surface area (Å²) in [4.78, 5) is 0. The van der Waals surface area contributed by atoms with Gasteiger partial charge >= 0.3 is 0 Å². The van der Waals surface area contributed by atoms with Gasteiger partial charge in [0.05, 0.1) is 24.5 Å². The van der Waals surface area contributed by atoms with E-state index in [-0.39, 0.29) is 6.10 Å². The number of nitrogens with zero attached hydrogens (tertiary/aromatic N) is 2. The smallest absolute Gasteiger partial charge is 0.0739 e. The number of rotatable bonds is 3. The minimum Gasteiger partial charge on any atom is -0.396 e. The van der Waals surface area contributed by atoms with Crippen LogP contribution in [0.3, 0.4) is 0 Å². The molecule has 4 heteroatoms. The first kappa shape index (κ1) is 8.07. The van der Waals surface area contributed by atoms with Crippen molar-refractivity contribution in [1.29, 1.82) is 0 Å². The molecule has 11 heavy (non-hydrogen) atoms. The van der Waals surface area contributed by atoms with E-state index >= 15 is 0 Å². The number of hydrogen-bond acceptors (Lipinski definition) is 3. The number of aromatic nitrogens is 2. The van der Waals surface area contributed by atoms with Crippen LogP contribution in [0.2, 0.25) is 0 Å². The zero-order valence-corrected chi connectivity index (χ0v) is 6.82. The van der Waals surface area contributed by atoms with Gasteiger partial charge in [-0.1, -0.05) is 0 Å². The lowest BCUT2D eigenvalue weighted by Crippen LogP contribution is -2.14. The van der Waals surface area contributed by atoms with E-state index in [4.69, 9.17) is 10.5 Å². The van der Waals surface area contributed by atoms with Crippen LogP contribution in [0.1, 0.15) is 6.92 Å². The Morgan fingerprint density at radius 1 is 1.82 bits per heavy atom. The van der Waals surface area contributed by atoms with E-state index in [0.29, 0.717) is 5.69 Å². The zero-order valence-electron chi connectivity index (χ0n) is 6.82. The number of ether oxygens (including phenoxy) is 1. The molecule has 1 unspecified atom stereocenters. The fourth-order valence-corrected chi connectivity index (χ4v) is 0.817. The molecule has 1 atom stereocenters. The third-order valence-electron chi connectivity index (χ3n) is 1.50. The quantitative estimate of drug-likeness (QED) is 0.691. The summed E-state index contributed by atoms with van der Waals surface area (Å²) in [5, 5.41) is 4.02. The van der Waals surface area contributed by atoms with Gasteiger partial charge in [-0.25, -0.2) is 0 Å². The Bertz CT molecular complexity index is 221. The third-order valence-corrected chi connectivity index (χ3v) is 1.50. The van der Waals surface area contributed by atoms with Crippen molar-refractivity contribution in [3.8, 4) is 0 Å². The van der Waals surface area contributed by atoms with Gasteiger partial charge in [0.25, 0.3) is 0 Å². The fourth-order valence-electron chi connectivity index (χ4n) is 0.817. The molecule has 1 aromatic heterocycles. The maximum atomic E-state index is 5.47. The molecule has 0 radical (unpaired) electrons. The molecule has 1 rings (SSSR count). The van der Waals surface area contributed by atoms with Gasteiger partial charge < -0.3 is 10.5 Å². The minimum absolute atomic E-state index is 0.175. The van der Waals surface area contributed by atoms with E-state index in [1.165, 1.54) is 0 Å². The first-order valence-corrected chi connectivity index (χ1v) is 3.53. The fraction of sp³-hybridized carbons (Fsp3) is 0.571. The van der Waals surface area contributed by atoms with Gasteiger partial charge in [0, 0.05) is 13.3 Å². The molecule has 0 aromatic carbocycles. The molecule has 0 saturated heterocycles. The summed E-state index contributed by atoms with van der Waals surface area (Å²) < 4.78 is 6.83. The lowest BCUT2D eigenvalue weighted by Gasteiger charge is -2.08. The van der Waals surface area contributed by atoms with Crippen LogP contribution < -0.4 is 5.73 Å². The number of nitrogen functional groups attached to an aromatic ring is 1. The second kappa shape index (κ2) is 3.39. The standard InChI is InChI=1S/C7H13N3O/c1-6(11-2)4-10-5-7(8)3-9-10/h3,5-6H,4,8H2,1-2H3. The topological polar surface area (TPSA) is 53.1 Å². The highest BCUT2D eigenvalue weighted by Crippen LogP contribution is 2.00. The summed E-state index contributed by atoms with van der Waals surface area (Å²) in [7, 11) is 1.68. The maximum absolute atomic E-state index is 5.47. The third kappa shape index (κ3) is 2.23. The van der Waals surface area contributed by atoms with Gasteiger partial charge in [-0.05, 0) is 6.92 Å². The Morgan fingerprint density at radius 3 is 3.00 bits per heavy atom. The Kier molecular flexibility index (Phi) is 2.48. The normalized spacial score (nSPS) is 13.3. The van der Waals surface area contributed by atoms with Crippen molar-refractivity contribution < 1.29 is 4.74 Å². The molecular weight excluding hydrogens is 142 g/mol. The van der Waals surface area contributed by atoms with E-state index in [2.05, 4.69) is 5.10 Å². The molecule has 1 heterocycles. The Labute approximate surface area is 66.0 Å². The molecule has 62 valence electrons. The summed E-state index contributed by atoms with van der Waals surface area (Å²) in [5.74, 6) is 0. The van der Waals surface area contributed by atoms with E-state index in [1.54, 1.807) is 24.2 Å². The Balaban J connectivity index is 2.50. The lowest BCUT2D eigenvalue weighted by atomic mass is 10.4. The molecular formula is C7H13N3O. The molecule has 0 saturated carbocycles. The van der Waals surface area contributed by atoms with Gasteiger partial charge in [-0.3, -0.25) is 4.68 Å². The molecule has 0 fully saturated rings. The minimum atomic E-state index is 0.175. The predicted molar refractivity (Wildman–Crippen MR) is 43.1 cm³/mol. The highest BCUT2D eigenvalue weighted by atomic mass is 16.5. The average molecular weight is 155 g/mol. The first-order valence-electron chi connectivity index (χ1n) is 3.53. The molecule has 2 N–H and O–H groups in total. The molecule has 0 bridgehead atoms. The zero-order chi connectivity index (χ0) is 8.27. The van der Waals surface area contributed by atoms with Crippen molar-refractivity contribution in [3.05, 3.63) is 12.4 Å². The highest BCUT2D eigenvalue weighted by Gasteiger charge is 2.00. The van der Waals surface area contributed by atoms with Crippen molar-refractivity contribution >= 4 is 5.69 Å². The second-order valence-corrected chi connectivity index (χ2v) is 2.54. The van der Waals surface area contributed by atoms with Gasteiger partial charge in [-0.2, -0.15) is 5.10 Å². The van der Waals surface area contributed by atoms with Crippen LogP contribution in [-0.2, 0) is 11.3 Å². The summed E-state index contributed by atoms with van der Waals surface area (Å²) in [6.07, 6.45) is 3.59. The SMILES string of the molecule is COC(C)Cn1cc(N)cn1. The van der Waals surface area contributed by atoms with Gasteiger partial charge in [0.15, 0.2) is 0 Å². The molecule has 0 aliphatic rings. The molecule has 0 spiro atoms. The predicted octanol–water partition coefficient (Wildman–Crippen LogP) is 0.500. The van der Waals surface area contributed by atoms with E-state index in [1.807, 2.05) is 6.92 Å². The second-order valence-electron chi connectivity index (χ2n) is 2.54. The molecule has 0 amide bonds. The highest BCUT2D eigenvalue weighted by molar-refractivity contribution is 5.30. The maximum Gasteiger partial charge on any atom is 0.0739 e. The van der Waals surface area contributed by atoms with Crippen LogP contribution in [0.4, 0.5) is 5.69 Å². The number of anilines is 1.